The summed E-state index contributed by atoms with van der Waals surface area (Å²) in [6.07, 6.45) is 4.43. The SMILES string of the molecule is C=CCOc1cccc([C@@H]2C[C@H]2CNC(=O)CCC)c1. The lowest BCUT2D eigenvalue weighted by molar-refractivity contribution is -0.121. The Hall–Kier alpha value is -1.77. The number of benzene rings is 1. The van der Waals surface area contributed by atoms with Crippen molar-refractivity contribution in [1.29, 1.82) is 0 Å². The van der Waals surface area contributed by atoms with E-state index in [1.54, 1.807) is 6.08 Å². The molecular weight excluding hydrogens is 250 g/mol. The average Bonchev–Trinajstić information content (AvgIpc) is 3.23. The highest BCUT2D eigenvalue weighted by Crippen LogP contribution is 2.47. The van der Waals surface area contributed by atoms with Gasteiger partial charge in [0.1, 0.15) is 12.4 Å². The number of nitrogens with one attached hydrogen (secondary N) is 1. The normalized spacial score (nSPS) is 20.2. The quantitative estimate of drug-likeness (QED) is 0.738. The first-order valence-corrected chi connectivity index (χ1v) is 7.35. The number of ether oxygens (including phenoxy) is 1. The number of hydrogen-bond acceptors (Lipinski definition) is 2. The van der Waals surface area contributed by atoms with E-state index in [9.17, 15) is 4.79 Å². The molecule has 0 radical (unpaired) electrons. The van der Waals surface area contributed by atoms with Crippen LogP contribution in [0.2, 0.25) is 0 Å². The molecule has 0 heterocycles. The van der Waals surface area contributed by atoms with Crippen molar-refractivity contribution in [2.75, 3.05) is 13.2 Å². The minimum absolute atomic E-state index is 0.168. The molecule has 2 atom stereocenters. The van der Waals surface area contributed by atoms with E-state index in [2.05, 4.69) is 24.0 Å². The van der Waals surface area contributed by atoms with Gasteiger partial charge in [0.15, 0.2) is 0 Å². The number of rotatable bonds is 8. The van der Waals surface area contributed by atoms with E-state index in [0.29, 0.717) is 24.9 Å². The third-order valence-corrected chi connectivity index (χ3v) is 3.62. The Bertz CT molecular complexity index is 470. The van der Waals surface area contributed by atoms with Crippen LogP contribution in [0, 0.1) is 5.92 Å². The fourth-order valence-corrected chi connectivity index (χ4v) is 2.43. The Labute approximate surface area is 121 Å². The molecule has 1 N–H and O–H groups in total. The van der Waals surface area contributed by atoms with Gasteiger partial charge in [0.2, 0.25) is 5.91 Å². The van der Waals surface area contributed by atoms with Crippen molar-refractivity contribution in [2.45, 2.75) is 32.1 Å². The summed E-state index contributed by atoms with van der Waals surface area (Å²) in [5.74, 6) is 2.19. The predicted octanol–water partition coefficient (Wildman–Crippen LogP) is 3.27. The van der Waals surface area contributed by atoms with Gasteiger partial charge in [-0.25, -0.2) is 0 Å². The zero-order valence-corrected chi connectivity index (χ0v) is 12.1. The predicted molar refractivity (Wildman–Crippen MR) is 80.9 cm³/mol. The van der Waals surface area contributed by atoms with Gasteiger partial charge in [-0.2, -0.15) is 0 Å². The molecule has 108 valence electrons. The Morgan fingerprint density at radius 2 is 2.40 bits per heavy atom. The van der Waals surface area contributed by atoms with Gasteiger partial charge in [-0.15, -0.1) is 0 Å². The van der Waals surface area contributed by atoms with E-state index >= 15 is 0 Å². The van der Waals surface area contributed by atoms with E-state index in [1.807, 2.05) is 19.1 Å². The Balaban J connectivity index is 1.82. The van der Waals surface area contributed by atoms with E-state index in [0.717, 1.165) is 25.1 Å². The van der Waals surface area contributed by atoms with Crippen LogP contribution in [0.25, 0.3) is 0 Å². The van der Waals surface area contributed by atoms with Crippen LogP contribution in [0.4, 0.5) is 0 Å². The molecule has 0 aliphatic heterocycles. The van der Waals surface area contributed by atoms with Crippen molar-refractivity contribution in [3.63, 3.8) is 0 Å². The smallest absolute Gasteiger partial charge is 0.219 e. The van der Waals surface area contributed by atoms with Gasteiger partial charge in [0.25, 0.3) is 0 Å². The third-order valence-electron chi connectivity index (χ3n) is 3.62. The maximum absolute atomic E-state index is 11.5. The van der Waals surface area contributed by atoms with Gasteiger partial charge in [-0.3, -0.25) is 4.79 Å². The van der Waals surface area contributed by atoms with Gasteiger partial charge in [-0.1, -0.05) is 31.7 Å². The van der Waals surface area contributed by atoms with E-state index in [-0.39, 0.29) is 5.91 Å². The van der Waals surface area contributed by atoms with Crippen molar-refractivity contribution in [1.82, 2.24) is 5.32 Å². The van der Waals surface area contributed by atoms with Gasteiger partial charge in [-0.05, 0) is 42.4 Å². The summed E-state index contributed by atoms with van der Waals surface area (Å²) in [4.78, 5) is 11.5. The van der Waals surface area contributed by atoms with Crippen LogP contribution in [0.3, 0.4) is 0 Å². The molecule has 3 heteroatoms. The maximum Gasteiger partial charge on any atom is 0.219 e. The van der Waals surface area contributed by atoms with E-state index in [4.69, 9.17) is 4.74 Å². The molecule has 1 saturated carbocycles. The molecule has 0 aromatic heterocycles. The number of amides is 1. The molecule has 0 unspecified atom stereocenters. The lowest BCUT2D eigenvalue weighted by Crippen LogP contribution is -2.25. The zero-order chi connectivity index (χ0) is 14.4. The second-order valence-electron chi connectivity index (χ2n) is 5.33. The summed E-state index contributed by atoms with van der Waals surface area (Å²) >= 11 is 0. The lowest BCUT2D eigenvalue weighted by Gasteiger charge is -2.07. The first-order chi connectivity index (χ1) is 9.74. The number of hydrogen-bond donors (Lipinski definition) is 1. The van der Waals surface area contributed by atoms with Crippen LogP contribution < -0.4 is 10.1 Å². The molecule has 0 saturated heterocycles. The van der Waals surface area contributed by atoms with Crippen molar-refractivity contribution in [2.24, 2.45) is 5.92 Å². The highest BCUT2D eigenvalue weighted by atomic mass is 16.5. The first kappa shape index (κ1) is 14.6. The molecule has 1 fully saturated rings. The third kappa shape index (κ3) is 4.12. The Morgan fingerprint density at radius 1 is 1.55 bits per heavy atom. The average molecular weight is 273 g/mol. The summed E-state index contributed by atoms with van der Waals surface area (Å²) in [7, 11) is 0. The molecular formula is C17H23NO2. The van der Waals surface area contributed by atoms with E-state index < -0.39 is 0 Å². The van der Waals surface area contributed by atoms with Gasteiger partial charge in [0.05, 0.1) is 0 Å². The second-order valence-corrected chi connectivity index (χ2v) is 5.33. The van der Waals surface area contributed by atoms with Crippen LogP contribution in [0.5, 0.6) is 5.75 Å². The van der Waals surface area contributed by atoms with Crippen molar-refractivity contribution < 1.29 is 9.53 Å². The van der Waals surface area contributed by atoms with Crippen LogP contribution >= 0.6 is 0 Å². The Kier molecular flexibility index (Phi) is 5.22. The molecule has 1 amide bonds. The lowest BCUT2D eigenvalue weighted by atomic mass is 10.1. The van der Waals surface area contributed by atoms with Crippen LogP contribution in [-0.2, 0) is 4.79 Å². The molecule has 2 rings (SSSR count). The van der Waals surface area contributed by atoms with Crippen LogP contribution in [0.15, 0.2) is 36.9 Å². The summed E-state index contributed by atoms with van der Waals surface area (Å²) in [6, 6.07) is 8.23. The summed E-state index contributed by atoms with van der Waals surface area (Å²) in [5, 5.41) is 3.01. The topological polar surface area (TPSA) is 38.3 Å². The first-order valence-electron chi connectivity index (χ1n) is 7.35. The molecule has 20 heavy (non-hydrogen) atoms. The van der Waals surface area contributed by atoms with Crippen molar-refractivity contribution >= 4 is 5.91 Å². The minimum atomic E-state index is 0.168. The summed E-state index contributed by atoms with van der Waals surface area (Å²) in [5.41, 5.74) is 1.31. The van der Waals surface area contributed by atoms with Crippen molar-refractivity contribution in [3.8, 4) is 5.75 Å². The second kappa shape index (κ2) is 7.13. The highest BCUT2D eigenvalue weighted by Gasteiger charge is 2.38. The van der Waals surface area contributed by atoms with E-state index in [1.165, 1.54) is 5.56 Å². The maximum atomic E-state index is 11.5. The number of carbonyl (C=O) groups is 1. The molecule has 1 aliphatic carbocycles. The summed E-state index contributed by atoms with van der Waals surface area (Å²) in [6.45, 7) is 7.00. The van der Waals surface area contributed by atoms with Gasteiger partial charge < -0.3 is 10.1 Å². The standard InChI is InChI=1S/C17H23NO2/c1-3-6-17(19)18-12-14-11-16(14)13-7-5-8-15(10-13)20-9-4-2/h4-5,7-8,10,14,16H,2-3,6,9,11-12H2,1H3,(H,18,19)/t14-,16-/m0/s1. The Morgan fingerprint density at radius 3 is 3.15 bits per heavy atom. The highest BCUT2D eigenvalue weighted by molar-refractivity contribution is 5.75. The molecule has 0 bridgehead atoms. The van der Waals surface area contributed by atoms with Crippen LogP contribution in [-0.4, -0.2) is 19.1 Å². The molecule has 1 aliphatic rings. The molecule has 1 aromatic carbocycles. The van der Waals surface area contributed by atoms with Crippen molar-refractivity contribution in [3.05, 3.63) is 42.5 Å². The fourth-order valence-electron chi connectivity index (χ4n) is 2.43. The van der Waals surface area contributed by atoms with Gasteiger partial charge in [0, 0.05) is 13.0 Å². The molecule has 3 nitrogen and oxygen atoms in total. The van der Waals surface area contributed by atoms with Gasteiger partial charge >= 0.3 is 0 Å². The largest absolute Gasteiger partial charge is 0.490 e. The minimum Gasteiger partial charge on any atom is -0.490 e. The summed E-state index contributed by atoms with van der Waals surface area (Å²) < 4.78 is 5.55. The van der Waals surface area contributed by atoms with Crippen LogP contribution in [0.1, 0.15) is 37.7 Å². The molecule has 1 aromatic rings. The monoisotopic (exact) mass is 273 g/mol. The molecule has 0 spiro atoms. The zero-order valence-electron chi connectivity index (χ0n) is 12.1. The number of carbonyl (C=O) groups excluding carboxylic acids is 1. The fraction of sp³-hybridized carbons (Fsp3) is 0.471.